The van der Waals surface area contributed by atoms with E-state index < -0.39 is 0 Å². The van der Waals surface area contributed by atoms with Gasteiger partial charge in [-0.2, -0.15) is 5.10 Å². The molecule has 0 fully saturated rings. The lowest BCUT2D eigenvalue weighted by Crippen LogP contribution is -2.36. The Balaban J connectivity index is 2.46. The lowest BCUT2D eigenvalue weighted by molar-refractivity contribution is 0.122. The van der Waals surface area contributed by atoms with Crippen LogP contribution >= 0.6 is 0 Å². The Morgan fingerprint density at radius 2 is 2.33 bits per heavy atom. The SMILES string of the molecule is CCNC(COCC)Cc1ncnn1C. The van der Waals surface area contributed by atoms with Crippen molar-refractivity contribution in [2.24, 2.45) is 7.05 Å². The summed E-state index contributed by atoms with van der Waals surface area (Å²) in [6.07, 6.45) is 2.43. The molecule has 1 aromatic heterocycles. The topological polar surface area (TPSA) is 52.0 Å². The van der Waals surface area contributed by atoms with Crippen molar-refractivity contribution in [1.29, 1.82) is 0 Å². The maximum atomic E-state index is 5.42. The molecule has 0 radical (unpaired) electrons. The van der Waals surface area contributed by atoms with Crippen molar-refractivity contribution in [2.75, 3.05) is 19.8 Å². The molecular formula is C10H20N4O. The third-order valence-corrected chi connectivity index (χ3v) is 2.25. The van der Waals surface area contributed by atoms with E-state index in [-0.39, 0.29) is 0 Å². The number of aromatic nitrogens is 3. The van der Waals surface area contributed by atoms with E-state index in [9.17, 15) is 0 Å². The molecule has 15 heavy (non-hydrogen) atoms. The molecular weight excluding hydrogens is 192 g/mol. The maximum Gasteiger partial charge on any atom is 0.138 e. The molecule has 0 bridgehead atoms. The van der Waals surface area contributed by atoms with Gasteiger partial charge in [0.2, 0.25) is 0 Å². The molecule has 1 N–H and O–H groups in total. The second-order valence-electron chi connectivity index (χ2n) is 3.42. The third-order valence-electron chi connectivity index (χ3n) is 2.25. The zero-order valence-corrected chi connectivity index (χ0v) is 9.73. The highest BCUT2D eigenvalue weighted by molar-refractivity contribution is 4.88. The van der Waals surface area contributed by atoms with Crippen molar-refractivity contribution in [3.8, 4) is 0 Å². The van der Waals surface area contributed by atoms with Crippen LogP contribution in [0.15, 0.2) is 6.33 Å². The summed E-state index contributed by atoms with van der Waals surface area (Å²) in [5.41, 5.74) is 0. The molecule has 5 heteroatoms. The smallest absolute Gasteiger partial charge is 0.138 e. The second kappa shape index (κ2) is 6.53. The first-order valence-electron chi connectivity index (χ1n) is 5.41. The number of hydrogen-bond donors (Lipinski definition) is 1. The van der Waals surface area contributed by atoms with Gasteiger partial charge in [-0.25, -0.2) is 4.98 Å². The first-order valence-corrected chi connectivity index (χ1v) is 5.41. The monoisotopic (exact) mass is 212 g/mol. The number of nitrogens with zero attached hydrogens (tertiary/aromatic N) is 3. The van der Waals surface area contributed by atoms with Gasteiger partial charge in [0.15, 0.2) is 0 Å². The molecule has 0 saturated carbocycles. The molecule has 0 aliphatic heterocycles. The summed E-state index contributed by atoms with van der Waals surface area (Å²) < 4.78 is 7.22. The van der Waals surface area contributed by atoms with E-state index >= 15 is 0 Å². The molecule has 0 amide bonds. The molecule has 5 nitrogen and oxygen atoms in total. The average Bonchev–Trinajstić information content (AvgIpc) is 2.61. The van der Waals surface area contributed by atoms with E-state index in [4.69, 9.17) is 4.74 Å². The van der Waals surface area contributed by atoms with Crippen molar-refractivity contribution in [3.63, 3.8) is 0 Å². The molecule has 1 aromatic rings. The van der Waals surface area contributed by atoms with Gasteiger partial charge in [0, 0.05) is 26.1 Å². The van der Waals surface area contributed by atoms with Gasteiger partial charge in [-0.1, -0.05) is 6.92 Å². The minimum absolute atomic E-state index is 0.317. The number of aryl methyl sites for hydroxylation is 1. The molecule has 1 atom stereocenters. The minimum atomic E-state index is 0.317. The normalized spacial score (nSPS) is 13.0. The first-order chi connectivity index (χ1) is 7.27. The highest BCUT2D eigenvalue weighted by Crippen LogP contribution is 1.98. The molecule has 0 aliphatic carbocycles. The van der Waals surface area contributed by atoms with Gasteiger partial charge in [-0.3, -0.25) is 4.68 Å². The van der Waals surface area contributed by atoms with E-state index in [2.05, 4.69) is 22.3 Å². The molecule has 0 aromatic carbocycles. The van der Waals surface area contributed by atoms with Crippen LogP contribution in [0.3, 0.4) is 0 Å². The van der Waals surface area contributed by atoms with Crippen LogP contribution < -0.4 is 5.32 Å². The van der Waals surface area contributed by atoms with Crippen molar-refractivity contribution in [2.45, 2.75) is 26.3 Å². The van der Waals surface area contributed by atoms with Crippen LogP contribution in [0.2, 0.25) is 0 Å². The van der Waals surface area contributed by atoms with Gasteiger partial charge < -0.3 is 10.1 Å². The summed E-state index contributed by atoms with van der Waals surface area (Å²) >= 11 is 0. The van der Waals surface area contributed by atoms with E-state index in [0.717, 1.165) is 32.0 Å². The maximum absolute atomic E-state index is 5.42. The second-order valence-corrected chi connectivity index (χ2v) is 3.42. The van der Waals surface area contributed by atoms with Crippen LogP contribution in [-0.4, -0.2) is 40.6 Å². The molecule has 86 valence electrons. The zero-order valence-electron chi connectivity index (χ0n) is 9.73. The number of hydrogen-bond acceptors (Lipinski definition) is 4. The molecule has 1 unspecified atom stereocenters. The quantitative estimate of drug-likeness (QED) is 0.709. The number of ether oxygens (including phenoxy) is 1. The first kappa shape index (κ1) is 12.1. The van der Waals surface area contributed by atoms with E-state index in [1.165, 1.54) is 0 Å². The van der Waals surface area contributed by atoms with Gasteiger partial charge >= 0.3 is 0 Å². The van der Waals surface area contributed by atoms with Crippen LogP contribution in [0.4, 0.5) is 0 Å². The van der Waals surface area contributed by atoms with Gasteiger partial charge in [-0.05, 0) is 13.5 Å². The van der Waals surface area contributed by atoms with Gasteiger partial charge in [0.25, 0.3) is 0 Å². The van der Waals surface area contributed by atoms with Crippen molar-refractivity contribution in [3.05, 3.63) is 12.2 Å². The van der Waals surface area contributed by atoms with Crippen LogP contribution in [0, 0.1) is 0 Å². The van der Waals surface area contributed by atoms with Gasteiger partial charge in [0.1, 0.15) is 12.2 Å². The Labute approximate surface area is 90.8 Å². The van der Waals surface area contributed by atoms with Crippen molar-refractivity contribution in [1.82, 2.24) is 20.1 Å². The highest BCUT2D eigenvalue weighted by atomic mass is 16.5. The number of rotatable bonds is 7. The average molecular weight is 212 g/mol. The van der Waals surface area contributed by atoms with Gasteiger partial charge in [0.05, 0.1) is 6.61 Å². The lowest BCUT2D eigenvalue weighted by Gasteiger charge is -2.16. The summed E-state index contributed by atoms with van der Waals surface area (Å²) in [5.74, 6) is 0.987. The molecule has 0 aliphatic rings. The Morgan fingerprint density at radius 3 is 2.87 bits per heavy atom. The summed E-state index contributed by atoms with van der Waals surface area (Å²) in [7, 11) is 1.91. The Morgan fingerprint density at radius 1 is 1.53 bits per heavy atom. The fraction of sp³-hybridized carbons (Fsp3) is 0.800. The Kier molecular flexibility index (Phi) is 5.28. The van der Waals surface area contributed by atoms with E-state index in [1.54, 1.807) is 11.0 Å². The predicted molar refractivity (Wildman–Crippen MR) is 58.7 cm³/mol. The number of likely N-dealkylation sites (N-methyl/N-ethyl adjacent to an activating group) is 1. The third kappa shape index (κ3) is 3.97. The van der Waals surface area contributed by atoms with E-state index in [0.29, 0.717) is 6.04 Å². The highest BCUT2D eigenvalue weighted by Gasteiger charge is 2.11. The standard InChI is InChI=1S/C10H20N4O/c1-4-11-9(7-15-5-2)6-10-12-8-13-14(10)3/h8-9,11H,4-7H2,1-3H3. The minimum Gasteiger partial charge on any atom is -0.380 e. The van der Waals surface area contributed by atoms with Crippen molar-refractivity contribution >= 4 is 0 Å². The molecule has 0 saturated heterocycles. The molecule has 0 spiro atoms. The molecule has 1 heterocycles. The summed E-state index contributed by atoms with van der Waals surface area (Å²) in [6.45, 7) is 6.51. The van der Waals surface area contributed by atoms with Gasteiger partial charge in [-0.15, -0.1) is 0 Å². The Bertz CT molecular complexity index is 274. The fourth-order valence-corrected chi connectivity index (χ4v) is 1.46. The van der Waals surface area contributed by atoms with Crippen LogP contribution in [0.1, 0.15) is 19.7 Å². The summed E-state index contributed by atoms with van der Waals surface area (Å²) in [5, 5.41) is 7.42. The van der Waals surface area contributed by atoms with Crippen LogP contribution in [0.25, 0.3) is 0 Å². The van der Waals surface area contributed by atoms with Crippen LogP contribution in [0.5, 0.6) is 0 Å². The molecule has 1 rings (SSSR count). The van der Waals surface area contributed by atoms with Crippen LogP contribution in [-0.2, 0) is 18.2 Å². The zero-order chi connectivity index (χ0) is 11.1. The summed E-state index contributed by atoms with van der Waals surface area (Å²) in [4.78, 5) is 4.20. The largest absolute Gasteiger partial charge is 0.380 e. The fourth-order valence-electron chi connectivity index (χ4n) is 1.46. The predicted octanol–water partition coefficient (Wildman–Crippen LogP) is 0.372. The Hall–Kier alpha value is -0.940. The summed E-state index contributed by atoms with van der Waals surface area (Å²) in [6, 6.07) is 0.317. The van der Waals surface area contributed by atoms with E-state index in [1.807, 2.05) is 14.0 Å². The number of nitrogens with one attached hydrogen (secondary N) is 1. The lowest BCUT2D eigenvalue weighted by atomic mass is 10.2. The van der Waals surface area contributed by atoms with Crippen molar-refractivity contribution < 1.29 is 4.74 Å².